The number of non-ortho nitro benzene ring substituents is 1. The summed E-state index contributed by atoms with van der Waals surface area (Å²) in [6.07, 6.45) is 0.187. The molecule has 140 valence electrons. The van der Waals surface area contributed by atoms with Crippen molar-refractivity contribution in [3.63, 3.8) is 0 Å². The van der Waals surface area contributed by atoms with Gasteiger partial charge in [0.1, 0.15) is 0 Å². The zero-order valence-corrected chi connectivity index (χ0v) is 15.1. The first-order valence-electron chi connectivity index (χ1n) is 7.99. The minimum Gasteiger partial charge on any atom is -0.421 e. The highest BCUT2D eigenvalue weighted by molar-refractivity contribution is 7.89. The molecule has 0 bridgehead atoms. The minimum atomic E-state index is -3.88. The van der Waals surface area contributed by atoms with E-state index in [4.69, 9.17) is 4.42 Å². The number of nitrogens with zero attached hydrogens (tertiary/aromatic N) is 3. The number of hydrogen-bond acceptors (Lipinski definition) is 7. The monoisotopic (exact) mass is 388 g/mol. The Labute approximate surface area is 155 Å². The van der Waals surface area contributed by atoms with Crippen molar-refractivity contribution >= 4 is 15.7 Å². The maximum atomic E-state index is 12.3. The fraction of sp³-hybridized carbons (Fsp3) is 0.176. The molecule has 3 aromatic rings. The molecule has 3 rings (SSSR count). The summed E-state index contributed by atoms with van der Waals surface area (Å²) in [6, 6.07) is 12.4. The molecule has 0 fully saturated rings. The lowest BCUT2D eigenvalue weighted by Crippen LogP contribution is -2.26. The van der Waals surface area contributed by atoms with Crippen molar-refractivity contribution in [2.45, 2.75) is 18.2 Å². The lowest BCUT2D eigenvalue weighted by molar-refractivity contribution is -0.385. The Balaban J connectivity index is 1.64. The number of sulfonamides is 1. The van der Waals surface area contributed by atoms with E-state index in [2.05, 4.69) is 14.9 Å². The van der Waals surface area contributed by atoms with Gasteiger partial charge >= 0.3 is 0 Å². The fourth-order valence-corrected chi connectivity index (χ4v) is 3.46. The summed E-state index contributed by atoms with van der Waals surface area (Å²) >= 11 is 0. The molecule has 2 aromatic carbocycles. The van der Waals surface area contributed by atoms with Crippen LogP contribution in [-0.2, 0) is 16.4 Å². The Hall–Kier alpha value is -3.11. The van der Waals surface area contributed by atoms with E-state index in [0.717, 1.165) is 17.2 Å². The van der Waals surface area contributed by atoms with Crippen LogP contribution in [0.4, 0.5) is 5.69 Å². The Morgan fingerprint density at radius 3 is 2.67 bits per heavy atom. The van der Waals surface area contributed by atoms with Gasteiger partial charge in [0, 0.05) is 30.7 Å². The molecule has 1 N–H and O–H groups in total. The van der Waals surface area contributed by atoms with Gasteiger partial charge in [-0.2, -0.15) is 0 Å². The van der Waals surface area contributed by atoms with E-state index in [9.17, 15) is 18.5 Å². The second kappa shape index (κ2) is 7.64. The third-order valence-electron chi connectivity index (χ3n) is 3.70. The molecule has 0 aliphatic rings. The van der Waals surface area contributed by atoms with Crippen LogP contribution < -0.4 is 4.72 Å². The second-order valence-corrected chi connectivity index (χ2v) is 7.54. The van der Waals surface area contributed by atoms with Gasteiger partial charge in [-0.15, -0.1) is 10.2 Å². The number of rotatable bonds is 7. The van der Waals surface area contributed by atoms with Gasteiger partial charge in [0.25, 0.3) is 5.69 Å². The van der Waals surface area contributed by atoms with Gasteiger partial charge in [0.05, 0.1) is 9.82 Å². The van der Waals surface area contributed by atoms with Crippen molar-refractivity contribution in [1.29, 1.82) is 0 Å². The Kier molecular flexibility index (Phi) is 5.28. The molecule has 27 heavy (non-hydrogen) atoms. The first-order chi connectivity index (χ1) is 12.8. The van der Waals surface area contributed by atoms with Gasteiger partial charge in [-0.1, -0.05) is 23.8 Å². The van der Waals surface area contributed by atoms with Crippen molar-refractivity contribution in [3.05, 3.63) is 70.1 Å². The van der Waals surface area contributed by atoms with E-state index in [1.165, 1.54) is 18.2 Å². The van der Waals surface area contributed by atoms with Crippen LogP contribution in [0.5, 0.6) is 0 Å². The molecule has 0 radical (unpaired) electrons. The molecule has 0 atom stereocenters. The number of hydrogen-bond donors (Lipinski definition) is 1. The standard InChI is InChI=1S/C17H16N4O5S/c1-12-4-2-5-13(10-12)17-20-19-16(26-17)8-9-18-27(24,25)15-7-3-6-14(11-15)21(22)23/h2-7,10-11,18H,8-9H2,1H3. The molecule has 10 heteroatoms. The molecule has 0 aliphatic carbocycles. The zero-order valence-electron chi connectivity index (χ0n) is 14.3. The van der Waals surface area contributed by atoms with Gasteiger partial charge in [0.2, 0.25) is 21.8 Å². The van der Waals surface area contributed by atoms with E-state index >= 15 is 0 Å². The summed E-state index contributed by atoms with van der Waals surface area (Å²) in [5.41, 5.74) is 1.54. The van der Waals surface area contributed by atoms with Crippen molar-refractivity contribution < 1.29 is 17.8 Å². The summed E-state index contributed by atoms with van der Waals surface area (Å²) in [5, 5.41) is 18.7. The zero-order chi connectivity index (χ0) is 19.4. The molecule has 0 unspecified atom stereocenters. The smallest absolute Gasteiger partial charge is 0.270 e. The largest absolute Gasteiger partial charge is 0.421 e. The highest BCUT2D eigenvalue weighted by Gasteiger charge is 2.18. The average Bonchev–Trinajstić information content (AvgIpc) is 3.10. The van der Waals surface area contributed by atoms with Crippen molar-refractivity contribution in [3.8, 4) is 11.5 Å². The van der Waals surface area contributed by atoms with Crippen LogP contribution in [0.15, 0.2) is 57.8 Å². The van der Waals surface area contributed by atoms with Crippen LogP contribution in [0, 0.1) is 17.0 Å². The predicted molar refractivity (Wildman–Crippen MR) is 96.5 cm³/mol. The van der Waals surface area contributed by atoms with E-state index in [1.54, 1.807) is 0 Å². The highest BCUT2D eigenvalue weighted by atomic mass is 32.2. The molecule has 0 spiro atoms. The van der Waals surface area contributed by atoms with Gasteiger partial charge in [-0.05, 0) is 25.1 Å². The fourth-order valence-electron chi connectivity index (χ4n) is 2.39. The Morgan fingerprint density at radius 2 is 1.93 bits per heavy atom. The van der Waals surface area contributed by atoms with Crippen LogP contribution in [0.3, 0.4) is 0 Å². The number of aromatic nitrogens is 2. The Morgan fingerprint density at radius 1 is 1.15 bits per heavy atom. The van der Waals surface area contributed by atoms with Crippen LogP contribution in [0.1, 0.15) is 11.5 Å². The van der Waals surface area contributed by atoms with Crippen LogP contribution >= 0.6 is 0 Å². The summed E-state index contributed by atoms with van der Waals surface area (Å²) in [5.74, 6) is 0.642. The van der Waals surface area contributed by atoms with E-state index in [1.807, 2.05) is 31.2 Å². The van der Waals surface area contributed by atoms with Gasteiger partial charge in [-0.3, -0.25) is 10.1 Å². The van der Waals surface area contributed by atoms with Crippen molar-refractivity contribution in [1.82, 2.24) is 14.9 Å². The molecule has 0 aliphatic heterocycles. The number of nitro groups is 1. The van der Waals surface area contributed by atoms with Crippen molar-refractivity contribution in [2.75, 3.05) is 6.54 Å². The number of benzene rings is 2. The topological polar surface area (TPSA) is 128 Å². The van der Waals surface area contributed by atoms with Gasteiger partial charge in [-0.25, -0.2) is 13.1 Å². The maximum absolute atomic E-state index is 12.3. The highest BCUT2D eigenvalue weighted by Crippen LogP contribution is 2.19. The number of nitrogens with one attached hydrogen (secondary N) is 1. The van der Waals surface area contributed by atoms with Gasteiger partial charge in [0.15, 0.2) is 0 Å². The molecule has 9 nitrogen and oxygen atoms in total. The number of nitro benzene ring substituents is 1. The quantitative estimate of drug-likeness (QED) is 0.486. The molecular weight excluding hydrogens is 372 g/mol. The minimum absolute atomic E-state index is 0.0144. The lowest BCUT2D eigenvalue weighted by Gasteiger charge is -2.05. The predicted octanol–water partition coefficient (Wildman–Crippen LogP) is 2.47. The molecule has 0 saturated carbocycles. The third-order valence-corrected chi connectivity index (χ3v) is 5.16. The van der Waals surface area contributed by atoms with E-state index < -0.39 is 14.9 Å². The lowest BCUT2D eigenvalue weighted by atomic mass is 10.1. The molecule has 1 aromatic heterocycles. The Bertz CT molecular complexity index is 1080. The molecule has 1 heterocycles. The second-order valence-electron chi connectivity index (χ2n) is 5.77. The van der Waals surface area contributed by atoms with Gasteiger partial charge < -0.3 is 4.42 Å². The van der Waals surface area contributed by atoms with Crippen LogP contribution in [0.25, 0.3) is 11.5 Å². The molecule has 0 saturated heterocycles. The SMILES string of the molecule is Cc1cccc(-c2nnc(CCNS(=O)(=O)c3cccc([N+](=O)[O-])c3)o2)c1. The molecular formula is C17H16N4O5S. The normalized spacial score (nSPS) is 11.4. The van der Waals surface area contributed by atoms with Crippen LogP contribution in [0.2, 0.25) is 0 Å². The average molecular weight is 388 g/mol. The van der Waals surface area contributed by atoms with E-state index in [0.29, 0.717) is 5.89 Å². The molecule has 0 amide bonds. The van der Waals surface area contributed by atoms with E-state index in [-0.39, 0.29) is 29.4 Å². The van der Waals surface area contributed by atoms with Crippen molar-refractivity contribution in [2.24, 2.45) is 0 Å². The summed E-state index contributed by atoms with van der Waals surface area (Å²) in [7, 11) is -3.88. The van der Waals surface area contributed by atoms with Crippen LogP contribution in [-0.4, -0.2) is 30.1 Å². The third kappa shape index (κ3) is 4.54. The summed E-state index contributed by atoms with van der Waals surface area (Å²) in [6.45, 7) is 1.96. The first-order valence-corrected chi connectivity index (χ1v) is 9.47. The number of aryl methyl sites for hydroxylation is 1. The summed E-state index contributed by atoms with van der Waals surface area (Å²) < 4.78 is 32.4. The maximum Gasteiger partial charge on any atom is 0.270 e. The first kappa shape index (κ1) is 18.7. The summed E-state index contributed by atoms with van der Waals surface area (Å²) in [4.78, 5) is 9.96.